The van der Waals surface area contributed by atoms with Crippen LogP contribution in [0.25, 0.3) is 0 Å². The molecule has 136 valence electrons. The number of likely N-dealkylation sites (tertiary alicyclic amines) is 2. The minimum Gasteiger partial charge on any atom is -0.396 e. The Morgan fingerprint density at radius 3 is 2.48 bits per heavy atom. The first-order valence-electron chi connectivity index (χ1n) is 9.89. The van der Waals surface area contributed by atoms with Gasteiger partial charge in [0.1, 0.15) is 0 Å². The summed E-state index contributed by atoms with van der Waals surface area (Å²) in [5.41, 5.74) is 1.48. The van der Waals surface area contributed by atoms with Gasteiger partial charge in [0, 0.05) is 25.7 Å². The third-order valence-electron chi connectivity index (χ3n) is 6.46. The van der Waals surface area contributed by atoms with Crippen molar-refractivity contribution in [3.05, 3.63) is 35.9 Å². The molecule has 1 amide bonds. The van der Waals surface area contributed by atoms with Crippen molar-refractivity contribution in [1.29, 1.82) is 0 Å². The molecule has 1 aliphatic carbocycles. The third-order valence-corrected chi connectivity index (χ3v) is 6.46. The van der Waals surface area contributed by atoms with Gasteiger partial charge in [0.05, 0.1) is 5.92 Å². The molecule has 2 aliphatic heterocycles. The summed E-state index contributed by atoms with van der Waals surface area (Å²) in [5, 5.41) is 9.06. The largest absolute Gasteiger partial charge is 0.396 e. The smallest absolute Gasteiger partial charge is 0.230 e. The molecule has 4 heteroatoms. The molecule has 1 spiro atoms. The number of hydrogen-bond acceptors (Lipinski definition) is 3. The number of aliphatic hydroxyl groups is 1. The average Bonchev–Trinajstić information content (AvgIpc) is 3.49. The molecule has 0 aromatic heterocycles. The van der Waals surface area contributed by atoms with Crippen molar-refractivity contribution in [2.24, 2.45) is 5.41 Å². The van der Waals surface area contributed by atoms with Gasteiger partial charge in [0.25, 0.3) is 0 Å². The lowest BCUT2D eigenvalue weighted by Gasteiger charge is -2.50. The quantitative estimate of drug-likeness (QED) is 0.895. The van der Waals surface area contributed by atoms with Crippen LogP contribution in [0.5, 0.6) is 0 Å². The normalized spacial score (nSPS) is 27.0. The first-order valence-corrected chi connectivity index (χ1v) is 9.89. The standard InChI is InChI=1S/C21H30N2O2/c24-14-4-11-22-12-9-21(10-13-22)15-19(17-5-2-1-3-6-17)20(25)23(16-21)18-7-8-18/h1-3,5-6,18-19,24H,4,7-16H2/t19-/m0/s1. The lowest BCUT2D eigenvalue weighted by atomic mass is 9.67. The Morgan fingerprint density at radius 2 is 1.84 bits per heavy atom. The Balaban J connectivity index is 1.51. The molecular formula is C21H30N2O2. The summed E-state index contributed by atoms with van der Waals surface area (Å²) < 4.78 is 0. The fourth-order valence-electron chi connectivity index (χ4n) is 4.77. The predicted octanol–water partition coefficient (Wildman–Crippen LogP) is 2.63. The van der Waals surface area contributed by atoms with Crippen LogP contribution < -0.4 is 0 Å². The van der Waals surface area contributed by atoms with Crippen molar-refractivity contribution in [2.45, 2.75) is 50.5 Å². The number of benzene rings is 1. The van der Waals surface area contributed by atoms with Gasteiger partial charge < -0.3 is 14.9 Å². The number of hydrogen-bond donors (Lipinski definition) is 1. The van der Waals surface area contributed by atoms with Crippen LogP contribution >= 0.6 is 0 Å². The zero-order chi connectivity index (χ0) is 17.3. The van der Waals surface area contributed by atoms with Crippen LogP contribution in [-0.2, 0) is 4.79 Å². The number of nitrogens with zero attached hydrogens (tertiary/aromatic N) is 2. The van der Waals surface area contributed by atoms with Crippen LogP contribution in [-0.4, -0.2) is 59.6 Å². The van der Waals surface area contributed by atoms with Crippen molar-refractivity contribution >= 4 is 5.91 Å². The topological polar surface area (TPSA) is 43.8 Å². The molecule has 2 saturated heterocycles. The summed E-state index contributed by atoms with van der Waals surface area (Å²) in [5.74, 6) is 0.404. The van der Waals surface area contributed by atoms with Gasteiger partial charge in [-0.3, -0.25) is 4.79 Å². The minimum atomic E-state index is 0.0412. The van der Waals surface area contributed by atoms with Crippen LogP contribution in [0.4, 0.5) is 0 Å². The van der Waals surface area contributed by atoms with Gasteiger partial charge in [0.2, 0.25) is 5.91 Å². The molecule has 1 N–H and O–H groups in total. The predicted molar refractivity (Wildman–Crippen MR) is 98.3 cm³/mol. The van der Waals surface area contributed by atoms with E-state index in [0.717, 1.165) is 39.0 Å². The molecule has 3 fully saturated rings. The molecule has 1 atom stereocenters. The van der Waals surface area contributed by atoms with Gasteiger partial charge in [-0.15, -0.1) is 0 Å². The second-order valence-electron chi connectivity index (χ2n) is 8.28. The number of aliphatic hydroxyl groups excluding tert-OH is 1. The van der Waals surface area contributed by atoms with Crippen LogP contribution in [0.15, 0.2) is 30.3 Å². The molecule has 2 heterocycles. The van der Waals surface area contributed by atoms with Crippen LogP contribution in [0.2, 0.25) is 0 Å². The summed E-state index contributed by atoms with van der Waals surface area (Å²) in [6.07, 6.45) is 6.60. The first-order chi connectivity index (χ1) is 12.2. The van der Waals surface area contributed by atoms with E-state index in [2.05, 4.69) is 34.1 Å². The second kappa shape index (κ2) is 7.08. The van der Waals surface area contributed by atoms with E-state index in [0.29, 0.717) is 11.9 Å². The van der Waals surface area contributed by atoms with Crippen molar-refractivity contribution < 1.29 is 9.90 Å². The summed E-state index contributed by atoms with van der Waals surface area (Å²) in [7, 11) is 0. The van der Waals surface area contributed by atoms with E-state index in [1.54, 1.807) is 0 Å². The molecule has 1 aromatic carbocycles. The molecular weight excluding hydrogens is 312 g/mol. The highest BCUT2D eigenvalue weighted by Gasteiger charge is 2.49. The molecule has 25 heavy (non-hydrogen) atoms. The molecule has 1 saturated carbocycles. The average molecular weight is 342 g/mol. The fourth-order valence-corrected chi connectivity index (χ4v) is 4.77. The summed E-state index contributed by atoms with van der Waals surface area (Å²) in [6.45, 7) is 4.46. The van der Waals surface area contributed by atoms with Gasteiger partial charge in [-0.05, 0) is 62.6 Å². The highest BCUT2D eigenvalue weighted by molar-refractivity contribution is 5.85. The van der Waals surface area contributed by atoms with E-state index < -0.39 is 0 Å². The summed E-state index contributed by atoms with van der Waals surface area (Å²) in [6, 6.07) is 10.9. The maximum Gasteiger partial charge on any atom is 0.230 e. The Bertz CT molecular complexity index is 591. The SMILES string of the molecule is O=C1[C@H](c2ccccc2)CC2(CCN(CCCO)CC2)CN1C1CC1. The summed E-state index contributed by atoms with van der Waals surface area (Å²) in [4.78, 5) is 17.8. The van der Waals surface area contributed by atoms with Gasteiger partial charge >= 0.3 is 0 Å². The second-order valence-corrected chi connectivity index (χ2v) is 8.28. The first kappa shape index (κ1) is 17.0. The van der Waals surface area contributed by atoms with E-state index >= 15 is 0 Å². The lowest BCUT2D eigenvalue weighted by Crippen LogP contribution is -2.54. The third kappa shape index (κ3) is 3.61. The van der Waals surface area contributed by atoms with E-state index in [1.807, 2.05) is 6.07 Å². The zero-order valence-electron chi connectivity index (χ0n) is 15.1. The van der Waals surface area contributed by atoms with Crippen molar-refractivity contribution in [1.82, 2.24) is 9.80 Å². The number of piperidine rings is 2. The van der Waals surface area contributed by atoms with Crippen molar-refractivity contribution in [3.8, 4) is 0 Å². The number of rotatable bonds is 5. The Kier molecular flexibility index (Phi) is 4.83. The molecule has 0 radical (unpaired) electrons. The number of carbonyl (C=O) groups is 1. The highest BCUT2D eigenvalue weighted by Crippen LogP contribution is 2.48. The molecule has 0 unspecified atom stereocenters. The lowest BCUT2D eigenvalue weighted by molar-refractivity contribution is -0.142. The molecule has 4 rings (SSSR count). The molecule has 4 nitrogen and oxygen atoms in total. The maximum absolute atomic E-state index is 13.1. The van der Waals surface area contributed by atoms with Gasteiger partial charge in [-0.25, -0.2) is 0 Å². The zero-order valence-corrected chi connectivity index (χ0v) is 15.1. The molecule has 3 aliphatic rings. The van der Waals surface area contributed by atoms with E-state index in [4.69, 9.17) is 5.11 Å². The van der Waals surface area contributed by atoms with Crippen LogP contribution in [0.1, 0.15) is 50.0 Å². The van der Waals surface area contributed by atoms with Crippen LogP contribution in [0, 0.1) is 5.41 Å². The summed E-state index contributed by atoms with van der Waals surface area (Å²) >= 11 is 0. The van der Waals surface area contributed by atoms with Gasteiger partial charge in [0.15, 0.2) is 0 Å². The highest BCUT2D eigenvalue weighted by atomic mass is 16.3. The van der Waals surface area contributed by atoms with E-state index in [1.165, 1.54) is 31.2 Å². The number of amides is 1. The van der Waals surface area contributed by atoms with Crippen molar-refractivity contribution in [3.63, 3.8) is 0 Å². The van der Waals surface area contributed by atoms with E-state index in [-0.39, 0.29) is 17.9 Å². The number of carbonyl (C=O) groups excluding carboxylic acids is 1. The molecule has 1 aromatic rings. The minimum absolute atomic E-state index is 0.0412. The Morgan fingerprint density at radius 1 is 1.12 bits per heavy atom. The Labute approximate surface area is 150 Å². The fraction of sp³-hybridized carbons (Fsp3) is 0.667. The van der Waals surface area contributed by atoms with Gasteiger partial charge in [-0.2, -0.15) is 0 Å². The molecule has 0 bridgehead atoms. The maximum atomic E-state index is 13.1. The van der Waals surface area contributed by atoms with Crippen molar-refractivity contribution in [2.75, 3.05) is 32.8 Å². The van der Waals surface area contributed by atoms with Crippen LogP contribution in [0.3, 0.4) is 0 Å². The van der Waals surface area contributed by atoms with E-state index in [9.17, 15) is 4.79 Å². The monoisotopic (exact) mass is 342 g/mol. The Hall–Kier alpha value is -1.39. The van der Waals surface area contributed by atoms with Gasteiger partial charge in [-0.1, -0.05) is 30.3 Å².